The van der Waals surface area contributed by atoms with E-state index in [1.165, 1.54) is 0 Å². The van der Waals surface area contributed by atoms with Crippen LogP contribution in [0.15, 0.2) is 29.6 Å². The summed E-state index contributed by atoms with van der Waals surface area (Å²) in [6.07, 6.45) is 0.997. The van der Waals surface area contributed by atoms with Crippen LogP contribution >= 0.6 is 36.2 Å². The van der Waals surface area contributed by atoms with Crippen LogP contribution in [0.1, 0.15) is 21.8 Å². The molecule has 0 spiro atoms. The number of benzene rings is 1. The average molecular weight is 360 g/mol. The lowest BCUT2D eigenvalue weighted by Gasteiger charge is -2.11. The zero-order chi connectivity index (χ0) is 13.9. The topological polar surface area (TPSA) is 54.0 Å². The van der Waals surface area contributed by atoms with Crippen LogP contribution in [0.5, 0.6) is 0 Å². The van der Waals surface area contributed by atoms with Crippen LogP contribution in [0, 0.1) is 6.92 Å². The predicted molar refractivity (Wildman–Crippen MR) is 95.5 cm³/mol. The van der Waals surface area contributed by atoms with E-state index in [1.54, 1.807) is 11.3 Å². The van der Waals surface area contributed by atoms with Crippen molar-refractivity contribution < 1.29 is 4.79 Å². The molecule has 2 N–H and O–H groups in total. The number of thiazole rings is 1. The van der Waals surface area contributed by atoms with Crippen LogP contribution in [-0.2, 0) is 0 Å². The quantitative estimate of drug-likeness (QED) is 0.885. The Hall–Kier alpha value is -1.14. The molecule has 22 heavy (non-hydrogen) atoms. The Morgan fingerprint density at radius 3 is 2.86 bits per heavy atom. The van der Waals surface area contributed by atoms with Crippen molar-refractivity contribution >= 4 is 42.1 Å². The minimum atomic E-state index is -0.00694. The standard InChI is InChI=1S/C15H17N3OS.2ClH/c1-10-17-14(9-20-10)11-3-2-4-12(7-11)15(19)18-13-5-6-16-8-13;;/h2-4,7,9,13,16H,5-6,8H2,1H3,(H,18,19);2*1H. The van der Waals surface area contributed by atoms with Gasteiger partial charge in [0.05, 0.1) is 10.7 Å². The fourth-order valence-corrected chi connectivity index (χ4v) is 2.98. The Morgan fingerprint density at radius 1 is 1.41 bits per heavy atom. The average Bonchev–Trinajstić information content (AvgIpc) is 3.10. The van der Waals surface area contributed by atoms with Crippen LogP contribution in [0.3, 0.4) is 0 Å². The smallest absolute Gasteiger partial charge is 0.251 e. The molecular formula is C15H19Cl2N3OS. The summed E-state index contributed by atoms with van der Waals surface area (Å²) in [6.45, 7) is 3.82. The third kappa shape index (κ3) is 4.43. The van der Waals surface area contributed by atoms with Gasteiger partial charge in [-0.3, -0.25) is 4.79 Å². The van der Waals surface area contributed by atoms with Gasteiger partial charge in [0, 0.05) is 29.1 Å². The van der Waals surface area contributed by atoms with E-state index in [-0.39, 0.29) is 36.8 Å². The Labute approximate surface area is 146 Å². The predicted octanol–water partition coefficient (Wildman–Crippen LogP) is 3.05. The molecule has 3 rings (SSSR count). The van der Waals surface area contributed by atoms with Gasteiger partial charge in [-0.15, -0.1) is 36.2 Å². The molecule has 1 saturated heterocycles. The first kappa shape index (κ1) is 18.9. The van der Waals surface area contributed by atoms with Gasteiger partial charge in [-0.2, -0.15) is 0 Å². The second-order valence-corrected chi connectivity index (χ2v) is 6.06. The molecule has 0 saturated carbocycles. The van der Waals surface area contributed by atoms with Crippen molar-refractivity contribution in [1.82, 2.24) is 15.6 Å². The maximum atomic E-state index is 12.2. The first-order valence-electron chi connectivity index (χ1n) is 6.76. The molecule has 1 unspecified atom stereocenters. The number of amides is 1. The van der Waals surface area contributed by atoms with E-state index in [0.29, 0.717) is 5.56 Å². The SMILES string of the molecule is Cc1nc(-c2cccc(C(=O)NC3CCNC3)c2)cs1.Cl.Cl. The summed E-state index contributed by atoms with van der Waals surface area (Å²) < 4.78 is 0. The van der Waals surface area contributed by atoms with Gasteiger partial charge < -0.3 is 10.6 Å². The maximum absolute atomic E-state index is 12.2. The highest BCUT2D eigenvalue weighted by Crippen LogP contribution is 2.22. The molecule has 0 aliphatic carbocycles. The van der Waals surface area contributed by atoms with Gasteiger partial charge in [-0.05, 0) is 32.0 Å². The Morgan fingerprint density at radius 2 is 2.23 bits per heavy atom. The maximum Gasteiger partial charge on any atom is 0.251 e. The van der Waals surface area contributed by atoms with Crippen LogP contribution in [0.2, 0.25) is 0 Å². The van der Waals surface area contributed by atoms with Gasteiger partial charge in [0.15, 0.2) is 0 Å². The lowest BCUT2D eigenvalue weighted by molar-refractivity contribution is 0.0940. The van der Waals surface area contributed by atoms with E-state index in [2.05, 4.69) is 15.6 Å². The molecule has 4 nitrogen and oxygen atoms in total. The number of aromatic nitrogens is 1. The van der Waals surface area contributed by atoms with Crippen LogP contribution in [-0.4, -0.2) is 30.0 Å². The number of nitrogens with one attached hydrogen (secondary N) is 2. The molecule has 2 heterocycles. The summed E-state index contributed by atoms with van der Waals surface area (Å²) >= 11 is 1.62. The van der Waals surface area contributed by atoms with Crippen LogP contribution in [0.4, 0.5) is 0 Å². The second kappa shape index (κ2) is 8.48. The van der Waals surface area contributed by atoms with E-state index in [0.717, 1.165) is 35.8 Å². The lowest BCUT2D eigenvalue weighted by atomic mass is 10.1. The second-order valence-electron chi connectivity index (χ2n) is 5.00. The molecule has 2 aromatic rings. The Bertz CT molecular complexity index is 627. The van der Waals surface area contributed by atoms with Gasteiger partial charge in [-0.1, -0.05) is 12.1 Å². The minimum absolute atomic E-state index is 0. The molecule has 1 aliphatic heterocycles. The molecule has 0 bridgehead atoms. The molecule has 0 radical (unpaired) electrons. The normalized spacial score (nSPS) is 16.5. The molecule has 1 atom stereocenters. The van der Waals surface area contributed by atoms with Gasteiger partial charge in [-0.25, -0.2) is 4.98 Å². The number of nitrogens with zero attached hydrogens (tertiary/aromatic N) is 1. The van der Waals surface area contributed by atoms with Gasteiger partial charge in [0.2, 0.25) is 0 Å². The van der Waals surface area contributed by atoms with Crippen molar-refractivity contribution in [2.45, 2.75) is 19.4 Å². The number of aryl methyl sites for hydroxylation is 1. The Kier molecular flexibility index (Phi) is 7.29. The zero-order valence-electron chi connectivity index (χ0n) is 12.2. The minimum Gasteiger partial charge on any atom is -0.348 e. The summed E-state index contributed by atoms with van der Waals surface area (Å²) in [6, 6.07) is 7.90. The number of hydrogen-bond acceptors (Lipinski definition) is 4. The number of carbonyl (C=O) groups excluding carboxylic acids is 1. The zero-order valence-corrected chi connectivity index (χ0v) is 14.6. The highest BCUT2D eigenvalue weighted by atomic mass is 35.5. The lowest BCUT2D eigenvalue weighted by Crippen LogP contribution is -2.36. The first-order chi connectivity index (χ1) is 9.72. The molecule has 1 aromatic heterocycles. The van der Waals surface area contributed by atoms with Gasteiger partial charge in [0.25, 0.3) is 5.91 Å². The van der Waals surface area contributed by atoms with Crippen molar-refractivity contribution in [2.75, 3.05) is 13.1 Å². The van der Waals surface area contributed by atoms with Crippen LogP contribution in [0.25, 0.3) is 11.3 Å². The molecule has 1 aliphatic rings. The summed E-state index contributed by atoms with van der Waals surface area (Å²) in [5, 5.41) is 9.36. The van der Waals surface area contributed by atoms with E-state index in [4.69, 9.17) is 0 Å². The highest BCUT2D eigenvalue weighted by Gasteiger charge is 2.17. The summed E-state index contributed by atoms with van der Waals surface area (Å²) in [7, 11) is 0. The van der Waals surface area contributed by atoms with Crippen LogP contribution < -0.4 is 10.6 Å². The number of rotatable bonds is 3. The third-order valence-corrected chi connectivity index (χ3v) is 4.21. The van der Waals surface area contributed by atoms with Crippen molar-refractivity contribution in [3.63, 3.8) is 0 Å². The van der Waals surface area contributed by atoms with E-state index in [1.807, 2.05) is 36.6 Å². The summed E-state index contributed by atoms with van der Waals surface area (Å²) in [4.78, 5) is 16.7. The number of halogens is 2. The van der Waals surface area contributed by atoms with E-state index < -0.39 is 0 Å². The van der Waals surface area contributed by atoms with Crippen molar-refractivity contribution in [3.05, 3.63) is 40.2 Å². The summed E-state index contributed by atoms with van der Waals surface area (Å²) in [5.74, 6) is -0.00694. The fraction of sp³-hybridized carbons (Fsp3) is 0.333. The Balaban J connectivity index is 0.00000121. The molecule has 1 amide bonds. The highest BCUT2D eigenvalue weighted by molar-refractivity contribution is 7.09. The molecule has 7 heteroatoms. The van der Waals surface area contributed by atoms with E-state index >= 15 is 0 Å². The summed E-state index contributed by atoms with van der Waals surface area (Å²) in [5.41, 5.74) is 2.62. The van der Waals surface area contributed by atoms with Crippen molar-refractivity contribution in [3.8, 4) is 11.3 Å². The monoisotopic (exact) mass is 359 g/mol. The molecular weight excluding hydrogens is 341 g/mol. The molecule has 1 aromatic carbocycles. The van der Waals surface area contributed by atoms with Crippen molar-refractivity contribution in [2.24, 2.45) is 0 Å². The van der Waals surface area contributed by atoms with Gasteiger partial charge in [0.1, 0.15) is 0 Å². The molecule has 1 fully saturated rings. The van der Waals surface area contributed by atoms with Crippen molar-refractivity contribution in [1.29, 1.82) is 0 Å². The largest absolute Gasteiger partial charge is 0.348 e. The molecule has 120 valence electrons. The third-order valence-electron chi connectivity index (χ3n) is 3.44. The van der Waals surface area contributed by atoms with E-state index in [9.17, 15) is 4.79 Å². The fourth-order valence-electron chi connectivity index (χ4n) is 2.36. The number of carbonyl (C=O) groups is 1. The van der Waals surface area contributed by atoms with Gasteiger partial charge >= 0.3 is 0 Å². The first-order valence-corrected chi connectivity index (χ1v) is 7.64. The number of hydrogen-bond donors (Lipinski definition) is 2.